The highest BCUT2D eigenvalue weighted by atomic mass is 14.0. The predicted octanol–water partition coefficient (Wildman–Crippen LogP) is 3.96. The van der Waals surface area contributed by atoms with Crippen LogP contribution in [0.4, 0.5) is 0 Å². The van der Waals surface area contributed by atoms with Crippen LogP contribution in [0.2, 0.25) is 0 Å². The molecule has 0 fully saturated rings. The maximum absolute atomic E-state index is 2.19. The first kappa shape index (κ1) is 24.5. The van der Waals surface area contributed by atoms with E-state index in [2.05, 4.69) is 27.7 Å². The van der Waals surface area contributed by atoms with Gasteiger partial charge in [0.1, 0.15) is 0 Å². The van der Waals surface area contributed by atoms with Crippen molar-refractivity contribution in [3.63, 3.8) is 0 Å². The van der Waals surface area contributed by atoms with E-state index in [0.717, 1.165) is 0 Å². The minimum Gasteiger partial charge on any atom is -0.0776 e. The fourth-order valence-corrected chi connectivity index (χ4v) is 0. The molecule has 0 aromatic rings. The van der Waals surface area contributed by atoms with Gasteiger partial charge >= 0.3 is 0 Å². The summed E-state index contributed by atoms with van der Waals surface area (Å²) in [6.45, 7) is 8.75. The molecule has 0 rings (SSSR count). The molecule has 0 aliphatic heterocycles. The molecule has 0 heteroatoms. The molecular formula is C8H24. The van der Waals surface area contributed by atoms with Crippen molar-refractivity contribution >= 4 is 0 Å². The van der Waals surface area contributed by atoms with E-state index in [1.165, 1.54) is 0 Å². The molecule has 0 aliphatic rings. The summed E-state index contributed by atoms with van der Waals surface area (Å²) >= 11 is 0. The van der Waals surface area contributed by atoms with Gasteiger partial charge in [0.15, 0.2) is 0 Å². The standard InChI is InChI=1S/C5H12.3CH4/c1-5(2,3)4;;;/h1-4H3;3*1H4. The van der Waals surface area contributed by atoms with Gasteiger partial charge in [0.05, 0.1) is 0 Å². The van der Waals surface area contributed by atoms with E-state index in [1.807, 2.05) is 0 Å². The summed E-state index contributed by atoms with van der Waals surface area (Å²) in [5, 5.41) is 0. The minimum absolute atomic E-state index is 0. The lowest BCUT2D eigenvalue weighted by Crippen LogP contribution is -1.93. The van der Waals surface area contributed by atoms with E-state index in [9.17, 15) is 0 Å². The zero-order valence-corrected chi connectivity index (χ0v) is 4.50. The van der Waals surface area contributed by atoms with Crippen LogP contribution in [0.1, 0.15) is 50.0 Å². The second-order valence-corrected chi connectivity index (χ2v) is 3.00. The van der Waals surface area contributed by atoms with Crippen LogP contribution in [0.5, 0.6) is 0 Å². The fraction of sp³-hybridized carbons (Fsp3) is 1.00. The summed E-state index contributed by atoms with van der Waals surface area (Å²) in [5.41, 5.74) is 0.500. The third-order valence-electron chi connectivity index (χ3n) is 0. The summed E-state index contributed by atoms with van der Waals surface area (Å²) in [5.74, 6) is 0. The molecular weight excluding hydrogens is 96.1 g/mol. The van der Waals surface area contributed by atoms with Crippen LogP contribution in [0.15, 0.2) is 0 Å². The van der Waals surface area contributed by atoms with E-state index < -0.39 is 0 Å². The molecule has 0 saturated carbocycles. The van der Waals surface area contributed by atoms with E-state index in [0.29, 0.717) is 5.41 Å². The number of hydrogen-bond acceptors (Lipinski definition) is 0. The SMILES string of the molecule is C.C.C.CC(C)(C)C. The first-order valence-electron chi connectivity index (χ1n) is 2.00. The van der Waals surface area contributed by atoms with Gasteiger partial charge in [-0.15, -0.1) is 0 Å². The van der Waals surface area contributed by atoms with Crippen molar-refractivity contribution in [3.05, 3.63) is 0 Å². The Morgan fingerprint density at radius 3 is 0.625 bits per heavy atom. The Hall–Kier alpha value is 0. The van der Waals surface area contributed by atoms with Gasteiger partial charge in [-0.05, 0) is 5.41 Å². The second kappa shape index (κ2) is 7.00. The van der Waals surface area contributed by atoms with Gasteiger partial charge in [0.25, 0.3) is 0 Å². The Labute approximate surface area is 56.3 Å². The van der Waals surface area contributed by atoms with Crippen molar-refractivity contribution in [2.75, 3.05) is 0 Å². The summed E-state index contributed by atoms with van der Waals surface area (Å²) in [7, 11) is 0. The van der Waals surface area contributed by atoms with Crippen LogP contribution in [-0.2, 0) is 0 Å². The van der Waals surface area contributed by atoms with Gasteiger partial charge in [-0.1, -0.05) is 50.0 Å². The van der Waals surface area contributed by atoms with E-state index in [4.69, 9.17) is 0 Å². The monoisotopic (exact) mass is 120 g/mol. The summed E-state index contributed by atoms with van der Waals surface area (Å²) in [6, 6.07) is 0. The molecule has 0 aromatic heterocycles. The molecule has 0 bridgehead atoms. The fourth-order valence-electron chi connectivity index (χ4n) is 0. The Balaban J connectivity index is -0.0000000267. The molecule has 0 unspecified atom stereocenters. The first-order chi connectivity index (χ1) is 2.00. The molecule has 56 valence electrons. The third-order valence-corrected chi connectivity index (χ3v) is 0. The Kier molecular flexibility index (Phi) is 21.4. The topological polar surface area (TPSA) is 0 Å². The van der Waals surface area contributed by atoms with Crippen LogP contribution >= 0.6 is 0 Å². The molecule has 0 aliphatic carbocycles. The largest absolute Gasteiger partial charge is 0.0776 e. The maximum atomic E-state index is 2.19. The summed E-state index contributed by atoms with van der Waals surface area (Å²) in [4.78, 5) is 0. The average Bonchev–Trinajstić information content (AvgIpc) is 0.722. The van der Waals surface area contributed by atoms with Crippen LogP contribution in [0.25, 0.3) is 0 Å². The van der Waals surface area contributed by atoms with Crippen molar-refractivity contribution in [1.29, 1.82) is 0 Å². The van der Waals surface area contributed by atoms with Gasteiger partial charge in [-0.3, -0.25) is 0 Å². The molecule has 0 radical (unpaired) electrons. The van der Waals surface area contributed by atoms with Gasteiger partial charge in [-0.2, -0.15) is 0 Å². The highest BCUT2D eigenvalue weighted by molar-refractivity contribution is 4.47. The van der Waals surface area contributed by atoms with Crippen molar-refractivity contribution < 1.29 is 0 Å². The molecule has 8 heavy (non-hydrogen) atoms. The summed E-state index contributed by atoms with van der Waals surface area (Å²) < 4.78 is 0. The van der Waals surface area contributed by atoms with E-state index >= 15 is 0 Å². The predicted molar refractivity (Wildman–Crippen MR) is 45.3 cm³/mol. The van der Waals surface area contributed by atoms with E-state index in [-0.39, 0.29) is 22.3 Å². The van der Waals surface area contributed by atoms with Crippen LogP contribution in [0, 0.1) is 5.41 Å². The van der Waals surface area contributed by atoms with Crippen molar-refractivity contribution in [1.82, 2.24) is 0 Å². The molecule has 0 amide bonds. The molecule has 0 nitrogen and oxygen atoms in total. The highest BCUT2D eigenvalue weighted by Gasteiger charge is 1.95. The normalized spacial score (nSPS) is 7.50. The lowest BCUT2D eigenvalue weighted by Gasteiger charge is -2.05. The molecule has 0 spiro atoms. The van der Waals surface area contributed by atoms with Crippen molar-refractivity contribution in [2.24, 2.45) is 5.41 Å². The molecule has 0 atom stereocenters. The van der Waals surface area contributed by atoms with Gasteiger partial charge in [-0.25, -0.2) is 0 Å². The van der Waals surface area contributed by atoms with E-state index in [1.54, 1.807) is 0 Å². The smallest absolute Gasteiger partial charge is 0.0411 e. The zero-order chi connectivity index (χ0) is 4.50. The Morgan fingerprint density at radius 2 is 0.625 bits per heavy atom. The Morgan fingerprint density at radius 1 is 0.625 bits per heavy atom. The van der Waals surface area contributed by atoms with Gasteiger partial charge < -0.3 is 0 Å². The van der Waals surface area contributed by atoms with Crippen LogP contribution in [-0.4, -0.2) is 0 Å². The number of hydrogen-bond donors (Lipinski definition) is 0. The lowest BCUT2D eigenvalue weighted by molar-refractivity contribution is 0.469. The van der Waals surface area contributed by atoms with Gasteiger partial charge in [0.2, 0.25) is 0 Å². The molecule has 0 N–H and O–H groups in total. The first-order valence-corrected chi connectivity index (χ1v) is 2.00. The molecule has 0 heterocycles. The average molecular weight is 120 g/mol. The van der Waals surface area contributed by atoms with Crippen LogP contribution < -0.4 is 0 Å². The maximum Gasteiger partial charge on any atom is -0.0411 e. The quantitative estimate of drug-likeness (QED) is 0.454. The summed E-state index contributed by atoms with van der Waals surface area (Å²) in [6.07, 6.45) is 0. The van der Waals surface area contributed by atoms with Gasteiger partial charge in [0, 0.05) is 0 Å². The second-order valence-electron chi connectivity index (χ2n) is 3.00. The Bertz CT molecular complexity index is 15.5. The molecule has 0 aromatic carbocycles. The lowest BCUT2D eigenvalue weighted by atomic mass is 10.0. The van der Waals surface area contributed by atoms with Crippen molar-refractivity contribution in [3.8, 4) is 0 Å². The molecule has 0 saturated heterocycles. The van der Waals surface area contributed by atoms with Crippen molar-refractivity contribution in [2.45, 2.75) is 50.0 Å². The van der Waals surface area contributed by atoms with Crippen LogP contribution in [0.3, 0.4) is 0 Å². The zero-order valence-electron chi connectivity index (χ0n) is 4.50. The highest BCUT2D eigenvalue weighted by Crippen LogP contribution is 2.07. The number of rotatable bonds is 0. The third kappa shape index (κ3) is 0. The minimum atomic E-state index is 0.